The van der Waals surface area contributed by atoms with Crippen LogP contribution < -0.4 is 5.32 Å². The lowest BCUT2D eigenvalue weighted by atomic mass is 10.2. The lowest BCUT2D eigenvalue weighted by Gasteiger charge is -2.17. The van der Waals surface area contributed by atoms with Crippen LogP contribution in [-0.4, -0.2) is 36.1 Å². The molecule has 0 fully saturated rings. The molecule has 0 aliphatic rings. The molecule has 0 unspecified atom stereocenters. The zero-order chi connectivity index (χ0) is 16.2. The second kappa shape index (κ2) is 6.55. The molecule has 0 aromatic heterocycles. The van der Waals surface area contributed by atoms with Gasteiger partial charge in [-0.15, -0.1) is 0 Å². The molecule has 1 rings (SSSR count). The van der Waals surface area contributed by atoms with Crippen molar-refractivity contribution in [3.63, 3.8) is 0 Å². The molecule has 0 heterocycles. The minimum Gasteiger partial charge on any atom is -0.342 e. The fraction of sp³-hybridized carbons (Fsp3) is 0.385. The number of alkyl halides is 4. The summed E-state index contributed by atoms with van der Waals surface area (Å²) < 4.78 is 49.8. The van der Waals surface area contributed by atoms with Crippen LogP contribution in [0.15, 0.2) is 24.3 Å². The molecule has 116 valence electrons. The van der Waals surface area contributed by atoms with Crippen LogP contribution in [0.4, 0.5) is 23.2 Å². The van der Waals surface area contributed by atoms with Gasteiger partial charge < -0.3 is 10.2 Å². The van der Waals surface area contributed by atoms with Gasteiger partial charge in [0, 0.05) is 26.2 Å². The molecule has 1 N–H and O–H groups in total. The molecular formula is C13H14F4N2O2. The van der Waals surface area contributed by atoms with Crippen molar-refractivity contribution in [2.45, 2.75) is 25.8 Å². The molecule has 0 saturated carbocycles. The Balaban J connectivity index is 2.82. The number of hydrogen-bond donors (Lipinski definition) is 1. The maximum absolute atomic E-state index is 12.8. The van der Waals surface area contributed by atoms with Gasteiger partial charge in [-0.05, 0) is 17.7 Å². The van der Waals surface area contributed by atoms with Crippen LogP contribution in [0.5, 0.6) is 0 Å². The Morgan fingerprint density at radius 2 is 1.95 bits per heavy atom. The third kappa shape index (κ3) is 4.44. The molecule has 8 heteroatoms. The van der Waals surface area contributed by atoms with E-state index in [1.54, 1.807) is 18.4 Å². The van der Waals surface area contributed by atoms with Crippen molar-refractivity contribution in [1.82, 2.24) is 4.90 Å². The molecule has 1 aromatic rings. The smallest absolute Gasteiger partial charge is 0.342 e. The van der Waals surface area contributed by atoms with Crippen LogP contribution in [-0.2, 0) is 16.1 Å². The molecule has 0 aliphatic carbocycles. The van der Waals surface area contributed by atoms with E-state index in [1.165, 1.54) is 30.0 Å². The molecule has 21 heavy (non-hydrogen) atoms. The predicted octanol–water partition coefficient (Wildman–Crippen LogP) is 2.50. The fourth-order valence-corrected chi connectivity index (χ4v) is 1.45. The molecular weight excluding hydrogens is 292 g/mol. The number of carbonyl (C=O) groups is 2. The van der Waals surface area contributed by atoms with Crippen molar-refractivity contribution in [3.05, 3.63) is 29.8 Å². The van der Waals surface area contributed by atoms with E-state index in [2.05, 4.69) is 0 Å². The fourth-order valence-electron chi connectivity index (χ4n) is 1.45. The van der Waals surface area contributed by atoms with E-state index >= 15 is 0 Å². The quantitative estimate of drug-likeness (QED) is 0.850. The van der Waals surface area contributed by atoms with E-state index in [1.807, 2.05) is 0 Å². The van der Waals surface area contributed by atoms with Crippen molar-refractivity contribution in [3.8, 4) is 0 Å². The number of anilines is 1. The highest BCUT2D eigenvalue weighted by molar-refractivity contribution is 5.96. The van der Waals surface area contributed by atoms with Crippen molar-refractivity contribution in [1.29, 1.82) is 0 Å². The maximum atomic E-state index is 12.8. The molecule has 4 nitrogen and oxygen atoms in total. The Morgan fingerprint density at radius 3 is 2.48 bits per heavy atom. The van der Waals surface area contributed by atoms with Crippen molar-refractivity contribution in [2.24, 2.45) is 0 Å². The third-order valence-electron chi connectivity index (χ3n) is 2.72. The summed E-state index contributed by atoms with van der Waals surface area (Å²) in [4.78, 5) is 23.6. The second-order valence-corrected chi connectivity index (χ2v) is 4.45. The Bertz CT molecular complexity index is 535. The molecule has 0 saturated heterocycles. The average Bonchev–Trinajstić information content (AvgIpc) is 2.38. The van der Waals surface area contributed by atoms with Gasteiger partial charge in [-0.2, -0.15) is 8.78 Å². The molecule has 0 aliphatic heterocycles. The van der Waals surface area contributed by atoms with Crippen LogP contribution in [0.25, 0.3) is 0 Å². The lowest BCUT2D eigenvalue weighted by molar-refractivity contribution is -0.163. The summed E-state index contributed by atoms with van der Waals surface area (Å²) in [5.74, 6) is -7.03. The second-order valence-electron chi connectivity index (χ2n) is 4.45. The number of hydrogen-bond acceptors (Lipinski definition) is 2. The normalized spacial score (nSPS) is 11.4. The van der Waals surface area contributed by atoms with Gasteiger partial charge in [0.2, 0.25) is 5.91 Å². The number of amides is 2. The molecule has 0 radical (unpaired) electrons. The van der Waals surface area contributed by atoms with Gasteiger partial charge >= 0.3 is 18.3 Å². The van der Waals surface area contributed by atoms with Gasteiger partial charge in [-0.3, -0.25) is 9.59 Å². The zero-order valence-corrected chi connectivity index (χ0v) is 11.4. The largest absolute Gasteiger partial charge is 0.383 e. The summed E-state index contributed by atoms with van der Waals surface area (Å²) in [6.45, 7) is 1.55. The summed E-state index contributed by atoms with van der Waals surface area (Å²) >= 11 is 0. The summed E-state index contributed by atoms with van der Waals surface area (Å²) in [6.07, 6.45) is -4.08. The van der Waals surface area contributed by atoms with Gasteiger partial charge in [0.1, 0.15) is 0 Å². The Kier molecular flexibility index (Phi) is 5.28. The van der Waals surface area contributed by atoms with Crippen LogP contribution in [0.2, 0.25) is 0 Å². The minimum absolute atomic E-state index is 0.0465. The Morgan fingerprint density at radius 1 is 1.33 bits per heavy atom. The van der Waals surface area contributed by atoms with E-state index in [0.29, 0.717) is 5.56 Å². The molecule has 0 atom stereocenters. The first-order chi connectivity index (χ1) is 9.64. The van der Waals surface area contributed by atoms with Crippen LogP contribution >= 0.6 is 0 Å². The van der Waals surface area contributed by atoms with E-state index in [9.17, 15) is 27.2 Å². The minimum atomic E-state index is -4.76. The van der Waals surface area contributed by atoms with E-state index < -0.39 is 18.3 Å². The van der Waals surface area contributed by atoms with Gasteiger partial charge in [0.25, 0.3) is 0 Å². The lowest BCUT2D eigenvalue weighted by Crippen LogP contribution is -2.41. The summed E-state index contributed by atoms with van der Waals surface area (Å²) in [6, 6.07) is 5.69. The van der Waals surface area contributed by atoms with E-state index in [4.69, 9.17) is 0 Å². The van der Waals surface area contributed by atoms with Crippen LogP contribution in [0.3, 0.4) is 0 Å². The number of halogens is 4. The number of rotatable bonds is 5. The number of nitrogens with zero attached hydrogens (tertiary/aromatic N) is 1. The number of nitrogens with one attached hydrogen (secondary N) is 1. The van der Waals surface area contributed by atoms with Gasteiger partial charge in [-0.1, -0.05) is 12.1 Å². The first-order valence-corrected chi connectivity index (χ1v) is 5.92. The summed E-state index contributed by atoms with van der Waals surface area (Å²) in [7, 11) is 1.54. The standard InChI is InChI=1S/C13H14F4N2O2/c1-8(20)19(2)7-9-4-3-5-10(6-9)18-12(21)13(16,17)11(14)15/h3-6,11H,7H2,1-2H3,(H,18,21). The SMILES string of the molecule is CC(=O)N(C)Cc1cccc(NC(=O)C(F)(F)C(F)F)c1. The predicted molar refractivity (Wildman–Crippen MR) is 68.2 cm³/mol. The topological polar surface area (TPSA) is 49.4 Å². The highest BCUT2D eigenvalue weighted by atomic mass is 19.3. The molecule has 0 bridgehead atoms. The molecule has 0 spiro atoms. The van der Waals surface area contributed by atoms with E-state index in [0.717, 1.165) is 0 Å². The van der Waals surface area contributed by atoms with Gasteiger partial charge in [0.05, 0.1) is 0 Å². The zero-order valence-electron chi connectivity index (χ0n) is 11.4. The van der Waals surface area contributed by atoms with E-state index in [-0.39, 0.29) is 18.1 Å². The summed E-state index contributed by atoms with van der Waals surface area (Å²) in [5, 5.41) is 1.73. The Hall–Kier alpha value is -2.12. The van der Waals surface area contributed by atoms with Crippen molar-refractivity contribution >= 4 is 17.5 Å². The van der Waals surface area contributed by atoms with Crippen LogP contribution in [0.1, 0.15) is 12.5 Å². The number of benzene rings is 1. The van der Waals surface area contributed by atoms with Crippen LogP contribution in [0, 0.1) is 0 Å². The van der Waals surface area contributed by atoms with Crippen molar-refractivity contribution in [2.75, 3.05) is 12.4 Å². The third-order valence-corrected chi connectivity index (χ3v) is 2.72. The maximum Gasteiger partial charge on any atom is 0.383 e. The highest BCUT2D eigenvalue weighted by Crippen LogP contribution is 2.25. The monoisotopic (exact) mass is 306 g/mol. The van der Waals surface area contributed by atoms with Crippen molar-refractivity contribution < 1.29 is 27.2 Å². The number of carbonyl (C=O) groups excluding carboxylic acids is 2. The van der Waals surface area contributed by atoms with Gasteiger partial charge in [0.15, 0.2) is 0 Å². The average molecular weight is 306 g/mol. The highest BCUT2D eigenvalue weighted by Gasteiger charge is 2.48. The first-order valence-electron chi connectivity index (χ1n) is 5.92. The molecule has 2 amide bonds. The summed E-state index contributed by atoms with van der Waals surface area (Å²) in [5.41, 5.74) is 0.514. The molecule has 1 aromatic carbocycles. The Labute approximate surface area is 118 Å². The van der Waals surface area contributed by atoms with Gasteiger partial charge in [-0.25, -0.2) is 8.78 Å². The first kappa shape index (κ1) is 16.9.